The monoisotopic (exact) mass is 374 g/mol. The molecule has 0 saturated carbocycles. The van der Waals surface area contributed by atoms with Crippen LogP contribution in [0.4, 0.5) is 0 Å². The zero-order chi connectivity index (χ0) is 18.2. The molecule has 2 aliphatic heterocycles. The number of hydrogen-bond donors (Lipinski definition) is 2. The topological polar surface area (TPSA) is 39.7 Å². The van der Waals surface area contributed by atoms with Crippen molar-refractivity contribution in [2.24, 2.45) is 4.99 Å². The third-order valence-corrected chi connectivity index (χ3v) is 6.25. The predicted octanol–water partition coefficient (Wildman–Crippen LogP) is 3.49. The number of rotatable bonds is 8. The average molecular weight is 375 g/mol. The summed E-state index contributed by atoms with van der Waals surface area (Å²) in [4.78, 5) is 7.52. The summed E-state index contributed by atoms with van der Waals surface area (Å²) in [6.07, 6.45) is 8.47. The van der Waals surface area contributed by atoms with Crippen LogP contribution in [-0.4, -0.2) is 54.1 Å². The number of fused-ring (bicyclic) bond motifs is 2. The Balaban J connectivity index is 1.54. The molecule has 2 N–H and O–H groups in total. The van der Waals surface area contributed by atoms with Crippen LogP contribution in [0.5, 0.6) is 0 Å². The maximum Gasteiger partial charge on any atom is 0.191 e. The average Bonchev–Trinajstić information content (AvgIpc) is 2.89. The molecule has 5 heteroatoms. The molecule has 2 atom stereocenters. The summed E-state index contributed by atoms with van der Waals surface area (Å²) in [6, 6.07) is 12.9. The zero-order valence-corrected chi connectivity index (χ0v) is 17.1. The second-order valence-electron chi connectivity index (χ2n) is 7.46. The molecule has 2 aliphatic rings. The van der Waals surface area contributed by atoms with Crippen molar-refractivity contribution in [3.05, 3.63) is 35.9 Å². The van der Waals surface area contributed by atoms with Gasteiger partial charge in [0.25, 0.3) is 0 Å². The number of nitrogens with one attached hydrogen (secondary N) is 2. The molecule has 1 aromatic carbocycles. The van der Waals surface area contributed by atoms with Gasteiger partial charge in [0.2, 0.25) is 0 Å². The molecular weight excluding hydrogens is 340 g/mol. The number of guanidine groups is 1. The van der Waals surface area contributed by atoms with Gasteiger partial charge in [0.05, 0.1) is 0 Å². The zero-order valence-electron chi connectivity index (χ0n) is 16.3. The van der Waals surface area contributed by atoms with Gasteiger partial charge >= 0.3 is 0 Å². The maximum absolute atomic E-state index is 4.77. The number of piperidine rings is 1. The highest BCUT2D eigenvalue weighted by atomic mass is 32.2. The van der Waals surface area contributed by atoms with E-state index in [0.717, 1.165) is 32.0 Å². The highest BCUT2D eigenvalue weighted by Gasteiger charge is 2.40. The first-order valence-electron chi connectivity index (χ1n) is 10.1. The normalized spacial score (nSPS) is 26.1. The molecule has 0 aliphatic carbocycles. The minimum absolute atomic E-state index is 0.554. The molecule has 0 radical (unpaired) electrons. The first-order valence-corrected chi connectivity index (χ1v) is 11.5. The van der Waals surface area contributed by atoms with Gasteiger partial charge in [-0.2, -0.15) is 11.8 Å². The van der Waals surface area contributed by atoms with Crippen LogP contribution in [0.3, 0.4) is 0 Å². The lowest BCUT2D eigenvalue weighted by molar-refractivity contribution is 0.114. The number of nitrogens with zero attached hydrogens (tertiary/aromatic N) is 2. The summed E-state index contributed by atoms with van der Waals surface area (Å²) >= 11 is 1.90. The fourth-order valence-corrected chi connectivity index (χ4v) is 4.78. The van der Waals surface area contributed by atoms with E-state index in [9.17, 15) is 0 Å². The van der Waals surface area contributed by atoms with E-state index in [1.165, 1.54) is 37.0 Å². The first-order chi connectivity index (χ1) is 12.8. The van der Waals surface area contributed by atoms with Gasteiger partial charge in [-0.3, -0.25) is 9.89 Å². The molecule has 2 unspecified atom stereocenters. The third kappa shape index (κ3) is 5.40. The van der Waals surface area contributed by atoms with Crippen LogP contribution >= 0.6 is 11.8 Å². The van der Waals surface area contributed by atoms with Crippen LogP contribution in [0, 0.1) is 0 Å². The summed E-state index contributed by atoms with van der Waals surface area (Å²) in [5.74, 6) is 2.19. The van der Waals surface area contributed by atoms with E-state index in [2.05, 4.69) is 59.0 Å². The molecular formula is C21H34N4S. The van der Waals surface area contributed by atoms with Crippen LogP contribution in [-0.2, 0) is 6.54 Å². The minimum Gasteiger partial charge on any atom is -0.357 e. The molecule has 2 fully saturated rings. The van der Waals surface area contributed by atoms with Crippen molar-refractivity contribution in [2.75, 3.05) is 25.1 Å². The van der Waals surface area contributed by atoms with Crippen molar-refractivity contribution in [2.45, 2.75) is 63.7 Å². The van der Waals surface area contributed by atoms with Gasteiger partial charge in [0, 0.05) is 37.8 Å². The standard InChI is InChI=1S/C21H34N4S/c1-3-22-21(23-12-7-13-26-2)24-18-14-19-10-11-20(15-18)25(19)16-17-8-5-4-6-9-17/h4-6,8-9,18-20H,3,7,10-16H2,1-2H3,(H2,22,23,24). The van der Waals surface area contributed by atoms with Crippen LogP contribution in [0.15, 0.2) is 35.3 Å². The lowest BCUT2D eigenvalue weighted by atomic mass is 9.96. The maximum atomic E-state index is 4.77. The molecule has 1 aromatic rings. The van der Waals surface area contributed by atoms with Gasteiger partial charge in [-0.1, -0.05) is 30.3 Å². The van der Waals surface area contributed by atoms with Crippen LogP contribution in [0.25, 0.3) is 0 Å². The Morgan fingerprint density at radius 1 is 1.19 bits per heavy atom. The molecule has 144 valence electrons. The van der Waals surface area contributed by atoms with Gasteiger partial charge in [-0.15, -0.1) is 0 Å². The number of hydrogen-bond acceptors (Lipinski definition) is 3. The lowest BCUT2D eigenvalue weighted by Crippen LogP contribution is -2.52. The third-order valence-electron chi connectivity index (χ3n) is 5.55. The molecule has 2 bridgehead atoms. The second-order valence-corrected chi connectivity index (χ2v) is 8.45. The van der Waals surface area contributed by atoms with Crippen LogP contribution in [0.1, 0.15) is 44.6 Å². The Morgan fingerprint density at radius 2 is 1.92 bits per heavy atom. The van der Waals surface area contributed by atoms with E-state index in [1.807, 2.05) is 11.8 Å². The van der Waals surface area contributed by atoms with Crippen LogP contribution < -0.4 is 10.6 Å². The van der Waals surface area contributed by atoms with E-state index in [0.29, 0.717) is 18.1 Å². The molecule has 3 rings (SSSR count). The van der Waals surface area contributed by atoms with Crippen molar-refractivity contribution < 1.29 is 0 Å². The Labute approximate surface area is 163 Å². The first kappa shape index (κ1) is 19.6. The molecule has 0 aromatic heterocycles. The Hall–Kier alpha value is -1.20. The van der Waals surface area contributed by atoms with E-state index >= 15 is 0 Å². The van der Waals surface area contributed by atoms with Gasteiger partial charge in [-0.05, 0) is 56.6 Å². The van der Waals surface area contributed by atoms with E-state index in [1.54, 1.807) is 0 Å². The van der Waals surface area contributed by atoms with Crippen molar-refractivity contribution in [1.29, 1.82) is 0 Å². The van der Waals surface area contributed by atoms with E-state index < -0.39 is 0 Å². The summed E-state index contributed by atoms with van der Waals surface area (Å²) in [7, 11) is 0. The Kier molecular flexibility index (Phi) is 7.69. The van der Waals surface area contributed by atoms with E-state index in [-0.39, 0.29) is 0 Å². The SMILES string of the molecule is CCNC(=NCCCSC)NC1CC2CCC(C1)N2Cc1ccccc1. The quantitative estimate of drug-likeness (QED) is 0.415. The van der Waals surface area contributed by atoms with Crippen LogP contribution in [0.2, 0.25) is 0 Å². The van der Waals surface area contributed by atoms with Crippen molar-refractivity contribution in [3.8, 4) is 0 Å². The van der Waals surface area contributed by atoms with Crippen molar-refractivity contribution in [3.63, 3.8) is 0 Å². The molecule has 4 nitrogen and oxygen atoms in total. The lowest BCUT2D eigenvalue weighted by Gasteiger charge is -2.39. The highest BCUT2D eigenvalue weighted by molar-refractivity contribution is 7.98. The molecule has 2 heterocycles. The summed E-state index contributed by atoms with van der Waals surface area (Å²) in [5, 5.41) is 7.15. The molecule has 0 amide bonds. The Bertz CT molecular complexity index is 548. The number of benzene rings is 1. The van der Waals surface area contributed by atoms with Gasteiger partial charge < -0.3 is 10.6 Å². The fourth-order valence-electron chi connectivity index (χ4n) is 4.36. The minimum atomic E-state index is 0.554. The summed E-state index contributed by atoms with van der Waals surface area (Å²) in [5.41, 5.74) is 1.44. The van der Waals surface area contributed by atoms with Crippen molar-refractivity contribution in [1.82, 2.24) is 15.5 Å². The Morgan fingerprint density at radius 3 is 2.58 bits per heavy atom. The molecule has 26 heavy (non-hydrogen) atoms. The summed E-state index contributed by atoms with van der Waals surface area (Å²) < 4.78 is 0. The summed E-state index contributed by atoms with van der Waals surface area (Å²) in [6.45, 7) is 5.08. The largest absolute Gasteiger partial charge is 0.357 e. The predicted molar refractivity (Wildman–Crippen MR) is 114 cm³/mol. The number of aliphatic imine (C=N–C) groups is 1. The number of thioether (sulfide) groups is 1. The fraction of sp³-hybridized carbons (Fsp3) is 0.667. The molecule has 2 saturated heterocycles. The van der Waals surface area contributed by atoms with Crippen molar-refractivity contribution >= 4 is 17.7 Å². The van der Waals surface area contributed by atoms with Gasteiger partial charge in [-0.25, -0.2) is 0 Å². The smallest absolute Gasteiger partial charge is 0.191 e. The highest BCUT2D eigenvalue weighted by Crippen LogP contribution is 2.36. The second kappa shape index (κ2) is 10.2. The van der Waals surface area contributed by atoms with Gasteiger partial charge in [0.1, 0.15) is 0 Å². The van der Waals surface area contributed by atoms with E-state index in [4.69, 9.17) is 4.99 Å². The van der Waals surface area contributed by atoms with Gasteiger partial charge in [0.15, 0.2) is 5.96 Å². The molecule has 0 spiro atoms.